The molecule has 2 aliphatic rings. The summed E-state index contributed by atoms with van der Waals surface area (Å²) in [5, 5.41) is 2.85. The van der Waals surface area contributed by atoms with Crippen LogP contribution in [-0.4, -0.2) is 48.2 Å². The fourth-order valence-electron chi connectivity index (χ4n) is 3.62. The summed E-state index contributed by atoms with van der Waals surface area (Å²) in [5.74, 6) is 0.512. The van der Waals surface area contributed by atoms with E-state index in [0.717, 1.165) is 30.0 Å². The third kappa shape index (κ3) is 2.67. The van der Waals surface area contributed by atoms with Crippen molar-refractivity contribution in [2.24, 2.45) is 0 Å². The molecule has 2 atom stereocenters. The Balaban J connectivity index is 1.70. The number of fused-ring (bicyclic) bond motifs is 3. The second kappa shape index (κ2) is 5.82. The first-order valence-corrected chi connectivity index (χ1v) is 9.90. The predicted molar refractivity (Wildman–Crippen MR) is 93.0 cm³/mol. The molecule has 7 heteroatoms. The van der Waals surface area contributed by atoms with Gasteiger partial charge in [0.2, 0.25) is 5.95 Å². The molecular weight excluding hydrogens is 324 g/mol. The Morgan fingerprint density at radius 1 is 1.25 bits per heavy atom. The summed E-state index contributed by atoms with van der Waals surface area (Å²) in [6.45, 7) is 4.27. The number of para-hydroxylation sites is 1. The first-order chi connectivity index (χ1) is 11.6. The monoisotopic (exact) mass is 344 g/mol. The van der Waals surface area contributed by atoms with Gasteiger partial charge < -0.3 is 10.2 Å². The quantitative estimate of drug-likeness (QED) is 0.917. The third-order valence-electron chi connectivity index (χ3n) is 4.89. The van der Waals surface area contributed by atoms with Crippen molar-refractivity contribution < 1.29 is 8.42 Å². The first-order valence-electron chi connectivity index (χ1n) is 8.18. The SMILES string of the molecule is CCN1C[C@H]2c3nc(Nc4ccccc4)ncc3CS(=O)(=O)[C@H]2C1. The van der Waals surface area contributed by atoms with Gasteiger partial charge in [-0.1, -0.05) is 25.1 Å². The topological polar surface area (TPSA) is 75.2 Å². The van der Waals surface area contributed by atoms with Crippen LogP contribution in [0.5, 0.6) is 0 Å². The molecule has 1 fully saturated rings. The van der Waals surface area contributed by atoms with Crippen molar-refractivity contribution in [1.29, 1.82) is 0 Å². The van der Waals surface area contributed by atoms with Crippen LogP contribution in [0, 0.1) is 0 Å². The van der Waals surface area contributed by atoms with Crippen molar-refractivity contribution in [3.8, 4) is 0 Å². The fraction of sp³-hybridized carbons (Fsp3) is 0.412. The zero-order valence-corrected chi connectivity index (χ0v) is 14.3. The summed E-state index contributed by atoms with van der Waals surface area (Å²) in [7, 11) is -3.13. The van der Waals surface area contributed by atoms with Gasteiger partial charge in [-0.2, -0.15) is 0 Å². The number of benzene rings is 1. The van der Waals surface area contributed by atoms with Gasteiger partial charge in [0.1, 0.15) is 0 Å². The first kappa shape index (κ1) is 15.5. The molecule has 0 amide bonds. The van der Waals surface area contributed by atoms with Crippen molar-refractivity contribution in [2.45, 2.75) is 23.8 Å². The van der Waals surface area contributed by atoms with Crippen LogP contribution in [0.4, 0.5) is 11.6 Å². The van der Waals surface area contributed by atoms with E-state index in [-0.39, 0.29) is 16.9 Å². The number of nitrogens with one attached hydrogen (secondary N) is 1. The normalized spacial score (nSPS) is 25.0. The number of aromatic nitrogens is 2. The second-order valence-electron chi connectivity index (χ2n) is 6.40. The van der Waals surface area contributed by atoms with E-state index in [0.29, 0.717) is 12.5 Å². The van der Waals surface area contributed by atoms with Gasteiger partial charge in [-0.15, -0.1) is 0 Å². The minimum Gasteiger partial charge on any atom is -0.324 e. The fourth-order valence-corrected chi connectivity index (χ4v) is 5.65. The van der Waals surface area contributed by atoms with Gasteiger partial charge in [-0.05, 0) is 18.7 Å². The molecule has 0 bridgehead atoms. The van der Waals surface area contributed by atoms with Crippen LogP contribution in [0.1, 0.15) is 24.1 Å². The standard InChI is InChI=1S/C17H20N4O2S/c1-2-21-9-14-15(10-21)24(22,23)11-12-8-18-17(20-16(12)14)19-13-6-4-3-5-7-13/h3-8,14-15H,2,9-11H2,1H3,(H,18,19,20)/t14-,15+/m1/s1. The van der Waals surface area contributed by atoms with E-state index in [1.165, 1.54) is 0 Å². The van der Waals surface area contributed by atoms with Gasteiger partial charge in [0.25, 0.3) is 0 Å². The Hall–Kier alpha value is -1.99. The van der Waals surface area contributed by atoms with E-state index in [1.54, 1.807) is 6.20 Å². The minimum atomic E-state index is -3.13. The Bertz CT molecular complexity index is 854. The summed E-state index contributed by atoms with van der Waals surface area (Å²) < 4.78 is 25.1. The van der Waals surface area contributed by atoms with Crippen LogP contribution in [0.3, 0.4) is 0 Å². The Labute approximate surface area is 141 Å². The summed E-state index contributed by atoms with van der Waals surface area (Å²) >= 11 is 0. The van der Waals surface area contributed by atoms with Crippen molar-refractivity contribution in [2.75, 3.05) is 25.0 Å². The molecule has 3 heterocycles. The Morgan fingerprint density at radius 3 is 2.79 bits per heavy atom. The zero-order chi connectivity index (χ0) is 16.7. The highest BCUT2D eigenvalue weighted by atomic mass is 32.2. The molecule has 0 radical (unpaired) electrons. The molecule has 2 aromatic rings. The molecule has 4 rings (SSSR count). The van der Waals surface area contributed by atoms with E-state index >= 15 is 0 Å². The molecule has 0 aliphatic carbocycles. The van der Waals surface area contributed by atoms with E-state index in [4.69, 9.17) is 0 Å². The maximum absolute atomic E-state index is 12.6. The number of anilines is 2. The van der Waals surface area contributed by atoms with Gasteiger partial charge in [-0.25, -0.2) is 18.4 Å². The number of hydrogen-bond acceptors (Lipinski definition) is 6. The highest BCUT2D eigenvalue weighted by Gasteiger charge is 2.46. The molecule has 2 aliphatic heterocycles. The van der Waals surface area contributed by atoms with E-state index in [2.05, 4.69) is 27.1 Å². The molecule has 1 N–H and O–H groups in total. The molecule has 1 aromatic carbocycles. The van der Waals surface area contributed by atoms with Gasteiger partial charge in [0.15, 0.2) is 9.84 Å². The number of likely N-dealkylation sites (tertiary alicyclic amines) is 1. The van der Waals surface area contributed by atoms with Crippen molar-refractivity contribution in [3.05, 3.63) is 47.8 Å². The average molecular weight is 344 g/mol. The zero-order valence-electron chi connectivity index (χ0n) is 13.5. The lowest BCUT2D eigenvalue weighted by atomic mass is 10.00. The molecular formula is C17H20N4O2S. The Kier molecular flexibility index (Phi) is 3.77. The van der Waals surface area contributed by atoms with E-state index in [1.807, 2.05) is 30.3 Å². The lowest BCUT2D eigenvalue weighted by molar-refractivity contribution is 0.353. The van der Waals surface area contributed by atoms with Gasteiger partial charge >= 0.3 is 0 Å². The maximum Gasteiger partial charge on any atom is 0.227 e. The van der Waals surface area contributed by atoms with Crippen LogP contribution in [0.2, 0.25) is 0 Å². The van der Waals surface area contributed by atoms with Crippen LogP contribution < -0.4 is 5.32 Å². The van der Waals surface area contributed by atoms with Crippen LogP contribution >= 0.6 is 0 Å². The molecule has 0 spiro atoms. The number of rotatable bonds is 3. The van der Waals surface area contributed by atoms with Gasteiger partial charge in [0, 0.05) is 36.5 Å². The van der Waals surface area contributed by atoms with Gasteiger partial charge in [0.05, 0.1) is 16.7 Å². The molecule has 0 unspecified atom stereocenters. The molecule has 126 valence electrons. The third-order valence-corrected chi connectivity index (χ3v) is 7.00. The van der Waals surface area contributed by atoms with Crippen LogP contribution in [0.25, 0.3) is 0 Å². The second-order valence-corrected chi connectivity index (χ2v) is 8.62. The van der Waals surface area contributed by atoms with Crippen LogP contribution in [-0.2, 0) is 15.6 Å². The largest absolute Gasteiger partial charge is 0.324 e. The molecule has 0 saturated carbocycles. The number of likely N-dealkylation sites (N-methyl/N-ethyl adjacent to an activating group) is 1. The van der Waals surface area contributed by atoms with E-state index < -0.39 is 9.84 Å². The van der Waals surface area contributed by atoms with Gasteiger partial charge in [-0.3, -0.25) is 0 Å². The summed E-state index contributed by atoms with van der Waals surface area (Å²) in [6, 6.07) is 9.74. The van der Waals surface area contributed by atoms with Crippen molar-refractivity contribution in [3.63, 3.8) is 0 Å². The maximum atomic E-state index is 12.6. The number of hydrogen-bond donors (Lipinski definition) is 1. The predicted octanol–water partition coefficient (Wildman–Crippen LogP) is 1.94. The summed E-state index contributed by atoms with van der Waals surface area (Å²) in [5.41, 5.74) is 2.55. The molecule has 1 saturated heterocycles. The van der Waals surface area contributed by atoms with E-state index in [9.17, 15) is 8.42 Å². The van der Waals surface area contributed by atoms with Crippen molar-refractivity contribution in [1.82, 2.24) is 14.9 Å². The highest BCUT2D eigenvalue weighted by Crippen LogP contribution is 2.39. The van der Waals surface area contributed by atoms with Crippen LogP contribution in [0.15, 0.2) is 36.5 Å². The molecule has 1 aromatic heterocycles. The average Bonchev–Trinajstić information content (AvgIpc) is 3.02. The molecule has 6 nitrogen and oxygen atoms in total. The summed E-state index contributed by atoms with van der Waals surface area (Å²) in [6.07, 6.45) is 1.66. The lowest BCUT2D eigenvalue weighted by Gasteiger charge is -2.26. The molecule has 24 heavy (non-hydrogen) atoms. The number of sulfone groups is 1. The smallest absolute Gasteiger partial charge is 0.227 e. The van der Waals surface area contributed by atoms with Crippen molar-refractivity contribution >= 4 is 21.5 Å². The minimum absolute atomic E-state index is 0.0483. The Morgan fingerprint density at radius 2 is 2.04 bits per heavy atom. The highest BCUT2D eigenvalue weighted by molar-refractivity contribution is 7.91. The summed E-state index contributed by atoms with van der Waals surface area (Å²) in [4.78, 5) is 11.2. The number of nitrogens with zero attached hydrogens (tertiary/aromatic N) is 3. The lowest BCUT2D eigenvalue weighted by Crippen LogP contribution is -2.35.